The molecule has 0 atom stereocenters. The third kappa shape index (κ3) is 4.90. The van der Waals surface area contributed by atoms with Gasteiger partial charge in [-0.2, -0.15) is 0 Å². The first-order valence-corrected chi connectivity index (χ1v) is 11.1. The number of carbonyl (C=O) groups excluding carboxylic acids is 1. The van der Waals surface area contributed by atoms with Gasteiger partial charge in [0.25, 0.3) is 5.91 Å². The molecule has 2 N–H and O–H groups in total. The monoisotopic (exact) mass is 489 g/mol. The smallest absolute Gasteiger partial charge is 0.255 e. The first-order chi connectivity index (χ1) is 13.1. The van der Waals surface area contributed by atoms with Crippen molar-refractivity contribution in [3.8, 4) is 0 Å². The Bertz CT molecular complexity index is 1010. The highest BCUT2D eigenvalue weighted by molar-refractivity contribution is 9.10. The van der Waals surface area contributed by atoms with Crippen LogP contribution in [0.1, 0.15) is 15.9 Å². The quantitative estimate of drug-likeness (QED) is 0.714. The van der Waals surface area contributed by atoms with E-state index in [1.165, 1.54) is 30.3 Å². The molecule has 0 radical (unpaired) electrons. The van der Waals surface area contributed by atoms with Crippen LogP contribution in [0.15, 0.2) is 45.8 Å². The van der Waals surface area contributed by atoms with Crippen molar-refractivity contribution < 1.29 is 17.6 Å². The van der Waals surface area contributed by atoms with Crippen LogP contribution in [-0.2, 0) is 16.6 Å². The Morgan fingerprint density at radius 2 is 1.82 bits per heavy atom. The molecule has 1 aliphatic rings. The molecule has 2 aromatic rings. The zero-order valence-electron chi connectivity index (χ0n) is 14.7. The zero-order chi connectivity index (χ0) is 20.5. The Kier molecular flexibility index (Phi) is 6.41. The van der Waals surface area contributed by atoms with Crippen molar-refractivity contribution in [2.24, 2.45) is 5.14 Å². The Hall–Kier alpha value is -1.52. The van der Waals surface area contributed by atoms with Crippen LogP contribution in [0, 0.1) is 5.82 Å². The number of hydrogen-bond acceptors (Lipinski definition) is 4. The summed E-state index contributed by atoms with van der Waals surface area (Å²) in [5, 5.41) is 5.54. The maximum absolute atomic E-state index is 13.2. The lowest BCUT2D eigenvalue weighted by Gasteiger charge is -2.35. The normalized spacial score (nSPS) is 15.6. The minimum absolute atomic E-state index is 0.108. The summed E-state index contributed by atoms with van der Waals surface area (Å²) in [6.07, 6.45) is 0. The summed E-state index contributed by atoms with van der Waals surface area (Å²) in [5.74, 6) is -0.645. The Balaban J connectivity index is 1.67. The van der Waals surface area contributed by atoms with E-state index in [1.54, 1.807) is 11.0 Å². The van der Waals surface area contributed by atoms with Gasteiger partial charge in [-0.05, 0) is 51.8 Å². The number of carbonyl (C=O) groups is 1. The predicted molar refractivity (Wildman–Crippen MR) is 108 cm³/mol. The molecule has 1 fully saturated rings. The van der Waals surface area contributed by atoms with Crippen molar-refractivity contribution in [3.63, 3.8) is 0 Å². The number of nitrogens with two attached hydrogens (primary N) is 1. The Morgan fingerprint density at radius 1 is 1.14 bits per heavy atom. The van der Waals surface area contributed by atoms with Crippen LogP contribution < -0.4 is 5.14 Å². The third-order valence-electron chi connectivity index (χ3n) is 4.57. The first kappa shape index (κ1) is 21.2. The summed E-state index contributed by atoms with van der Waals surface area (Å²) in [4.78, 5) is 16.5. The summed E-state index contributed by atoms with van der Waals surface area (Å²) in [7, 11) is -3.90. The number of primary sulfonamides is 1. The maximum Gasteiger partial charge on any atom is 0.255 e. The highest BCUT2D eigenvalue weighted by Gasteiger charge is 2.25. The van der Waals surface area contributed by atoms with Crippen molar-refractivity contribution in [1.29, 1.82) is 0 Å². The summed E-state index contributed by atoms with van der Waals surface area (Å²) >= 11 is 9.38. The molecule has 0 bridgehead atoms. The lowest BCUT2D eigenvalue weighted by molar-refractivity contribution is 0.0627. The number of benzene rings is 2. The van der Waals surface area contributed by atoms with Gasteiger partial charge in [0.1, 0.15) is 5.82 Å². The van der Waals surface area contributed by atoms with E-state index in [0.29, 0.717) is 42.2 Å². The number of hydrogen-bond donors (Lipinski definition) is 1. The van der Waals surface area contributed by atoms with Crippen LogP contribution in [0.4, 0.5) is 4.39 Å². The largest absolute Gasteiger partial charge is 0.336 e. The van der Waals surface area contributed by atoms with Crippen molar-refractivity contribution in [3.05, 3.63) is 62.8 Å². The first-order valence-electron chi connectivity index (χ1n) is 8.43. The lowest BCUT2D eigenvalue weighted by atomic mass is 10.1. The molecule has 1 amide bonds. The molecule has 3 rings (SSSR count). The van der Waals surface area contributed by atoms with E-state index in [4.69, 9.17) is 16.7 Å². The molecule has 2 aromatic carbocycles. The average molecular weight is 491 g/mol. The fourth-order valence-corrected chi connectivity index (χ4v) is 4.20. The third-order valence-corrected chi connectivity index (χ3v) is 6.52. The number of piperazine rings is 1. The molecule has 0 aromatic heterocycles. The van der Waals surface area contributed by atoms with E-state index in [2.05, 4.69) is 20.8 Å². The number of rotatable bonds is 4. The zero-order valence-corrected chi connectivity index (χ0v) is 17.9. The Morgan fingerprint density at radius 3 is 2.43 bits per heavy atom. The molecule has 0 saturated carbocycles. The van der Waals surface area contributed by atoms with Crippen molar-refractivity contribution in [2.75, 3.05) is 26.2 Å². The minimum Gasteiger partial charge on any atom is -0.336 e. The summed E-state index contributed by atoms with van der Waals surface area (Å²) in [6, 6.07) is 8.45. The molecule has 0 aliphatic carbocycles. The van der Waals surface area contributed by atoms with Gasteiger partial charge in [-0.25, -0.2) is 17.9 Å². The number of amides is 1. The van der Waals surface area contributed by atoms with Crippen molar-refractivity contribution in [2.45, 2.75) is 11.4 Å². The fourth-order valence-electron chi connectivity index (χ4n) is 3.02. The van der Waals surface area contributed by atoms with Crippen LogP contribution in [-0.4, -0.2) is 50.3 Å². The summed E-state index contributed by atoms with van der Waals surface area (Å²) in [6.45, 7) is 2.75. The molecule has 6 nitrogen and oxygen atoms in total. The van der Waals surface area contributed by atoms with Gasteiger partial charge in [0.2, 0.25) is 10.0 Å². The number of nitrogens with zero attached hydrogens (tertiary/aromatic N) is 2. The molecular weight excluding hydrogens is 473 g/mol. The van der Waals surface area contributed by atoms with Crippen LogP contribution in [0.3, 0.4) is 0 Å². The summed E-state index contributed by atoms with van der Waals surface area (Å²) in [5.41, 5.74) is 1.08. The second kappa shape index (κ2) is 8.46. The van der Waals surface area contributed by atoms with Gasteiger partial charge < -0.3 is 4.90 Å². The molecule has 10 heteroatoms. The van der Waals surface area contributed by atoms with E-state index >= 15 is 0 Å². The molecular formula is C18H18BrClFN3O3S. The van der Waals surface area contributed by atoms with Crippen LogP contribution in [0.25, 0.3) is 0 Å². The van der Waals surface area contributed by atoms with Crippen LogP contribution >= 0.6 is 27.5 Å². The maximum atomic E-state index is 13.2. The molecule has 150 valence electrons. The SMILES string of the molecule is NS(=O)(=O)c1ccc(Br)c(C(=O)N2CCN(Cc3ccc(F)cc3Cl)CC2)c1. The molecule has 1 aliphatic heterocycles. The van der Waals surface area contributed by atoms with Crippen LogP contribution in [0.2, 0.25) is 5.02 Å². The topological polar surface area (TPSA) is 83.7 Å². The van der Waals surface area contributed by atoms with Gasteiger partial charge in [-0.15, -0.1) is 0 Å². The van der Waals surface area contributed by atoms with Gasteiger partial charge in [-0.3, -0.25) is 9.69 Å². The lowest BCUT2D eigenvalue weighted by Crippen LogP contribution is -2.48. The standard InChI is InChI=1S/C18H18BrClFN3O3S/c19-16-4-3-14(28(22,26)27)10-15(16)18(25)24-7-5-23(6-8-24)11-12-1-2-13(21)9-17(12)20/h1-4,9-10H,5-8,11H2,(H2,22,26,27). The van der Waals surface area contributed by atoms with E-state index < -0.39 is 10.0 Å². The van der Waals surface area contributed by atoms with Crippen molar-refractivity contribution in [1.82, 2.24) is 9.80 Å². The van der Waals surface area contributed by atoms with E-state index in [0.717, 1.165) is 5.56 Å². The molecule has 1 heterocycles. The number of halogens is 3. The van der Waals surface area contributed by atoms with Gasteiger partial charge >= 0.3 is 0 Å². The van der Waals surface area contributed by atoms with Gasteiger partial charge in [0.15, 0.2) is 0 Å². The second-order valence-electron chi connectivity index (χ2n) is 6.49. The van der Waals surface area contributed by atoms with Gasteiger partial charge in [0.05, 0.1) is 10.5 Å². The molecule has 28 heavy (non-hydrogen) atoms. The second-order valence-corrected chi connectivity index (χ2v) is 9.31. The Labute approximate surface area is 176 Å². The summed E-state index contributed by atoms with van der Waals surface area (Å²) < 4.78 is 36.8. The predicted octanol–water partition coefficient (Wildman–Crippen LogP) is 2.85. The molecule has 0 unspecified atom stereocenters. The average Bonchev–Trinajstić information content (AvgIpc) is 2.63. The van der Waals surface area contributed by atoms with Crippen molar-refractivity contribution >= 4 is 43.5 Å². The van der Waals surface area contributed by atoms with Gasteiger partial charge in [-0.1, -0.05) is 17.7 Å². The van der Waals surface area contributed by atoms with E-state index in [9.17, 15) is 17.6 Å². The fraction of sp³-hybridized carbons (Fsp3) is 0.278. The molecule has 1 saturated heterocycles. The highest BCUT2D eigenvalue weighted by Crippen LogP contribution is 2.24. The van der Waals surface area contributed by atoms with E-state index in [-0.39, 0.29) is 22.2 Å². The van der Waals surface area contributed by atoms with Crippen LogP contribution in [0.5, 0.6) is 0 Å². The van der Waals surface area contributed by atoms with E-state index in [1.807, 2.05) is 0 Å². The number of sulfonamides is 1. The molecule has 0 spiro atoms. The minimum atomic E-state index is -3.90. The highest BCUT2D eigenvalue weighted by atomic mass is 79.9. The van der Waals surface area contributed by atoms with Gasteiger partial charge in [0, 0.05) is 42.2 Å².